The molecular weight excluding hydrogens is 385 g/mol. The van der Waals surface area contributed by atoms with E-state index in [4.69, 9.17) is 23.2 Å². The van der Waals surface area contributed by atoms with Gasteiger partial charge in [-0.3, -0.25) is 9.59 Å². The molecule has 27 heavy (non-hydrogen) atoms. The molecule has 2 aromatic carbocycles. The van der Waals surface area contributed by atoms with Gasteiger partial charge in [-0.2, -0.15) is 0 Å². The summed E-state index contributed by atoms with van der Waals surface area (Å²) >= 11 is 12.2. The van der Waals surface area contributed by atoms with Crippen LogP contribution in [0.3, 0.4) is 0 Å². The molecule has 0 spiro atoms. The van der Waals surface area contributed by atoms with E-state index in [1.54, 1.807) is 24.3 Å². The van der Waals surface area contributed by atoms with Crippen LogP contribution in [-0.2, 0) is 9.59 Å². The highest BCUT2D eigenvalue weighted by Gasteiger charge is 2.46. The maximum Gasteiger partial charge on any atom is 0.292 e. The van der Waals surface area contributed by atoms with Crippen LogP contribution < -0.4 is 14.7 Å². The van der Waals surface area contributed by atoms with Crippen molar-refractivity contribution in [3.8, 4) is 0 Å². The number of hydrogen-bond donors (Lipinski definition) is 1. The number of carbonyl (C=O) groups is 2. The molecule has 0 unspecified atom stereocenters. The van der Waals surface area contributed by atoms with Crippen LogP contribution in [0.4, 0.5) is 11.4 Å². The molecule has 0 bridgehead atoms. The van der Waals surface area contributed by atoms with Gasteiger partial charge in [-0.25, -0.2) is 4.90 Å². The zero-order chi connectivity index (χ0) is 19.0. The Morgan fingerprint density at radius 3 is 2.26 bits per heavy atom. The van der Waals surface area contributed by atoms with Crippen LogP contribution in [0.15, 0.2) is 48.5 Å². The molecule has 1 N–H and O–H groups in total. The number of piperazine rings is 1. The zero-order valence-electron chi connectivity index (χ0n) is 14.7. The predicted octanol–water partition coefficient (Wildman–Crippen LogP) is 2.03. The summed E-state index contributed by atoms with van der Waals surface area (Å²) in [7, 11) is 0. The number of nitrogens with one attached hydrogen (secondary N) is 1. The molecule has 7 heteroatoms. The zero-order valence-corrected chi connectivity index (χ0v) is 16.2. The fourth-order valence-corrected chi connectivity index (χ4v) is 4.29. The molecule has 0 radical (unpaired) electrons. The summed E-state index contributed by atoms with van der Waals surface area (Å²) in [5, 5.41) is 1.32. The summed E-state index contributed by atoms with van der Waals surface area (Å²) in [4.78, 5) is 30.1. The van der Waals surface area contributed by atoms with Gasteiger partial charge in [0.05, 0.1) is 49.0 Å². The van der Waals surface area contributed by atoms with Crippen molar-refractivity contribution in [3.05, 3.63) is 58.6 Å². The number of amides is 2. The van der Waals surface area contributed by atoms with Gasteiger partial charge in [0.25, 0.3) is 5.91 Å². The largest absolute Gasteiger partial charge is 0.359 e. The number of benzene rings is 2. The number of imide groups is 1. The van der Waals surface area contributed by atoms with Crippen LogP contribution >= 0.6 is 23.2 Å². The van der Waals surface area contributed by atoms with E-state index in [1.165, 1.54) is 4.90 Å². The van der Waals surface area contributed by atoms with Crippen molar-refractivity contribution in [2.75, 3.05) is 36.0 Å². The van der Waals surface area contributed by atoms with Gasteiger partial charge < -0.3 is 9.80 Å². The van der Waals surface area contributed by atoms with Crippen molar-refractivity contribution in [2.24, 2.45) is 0 Å². The highest BCUT2D eigenvalue weighted by Crippen LogP contribution is 2.26. The van der Waals surface area contributed by atoms with Crippen molar-refractivity contribution in [2.45, 2.75) is 12.5 Å². The van der Waals surface area contributed by atoms with Crippen molar-refractivity contribution < 1.29 is 14.5 Å². The normalized spacial score (nSPS) is 21.2. The lowest BCUT2D eigenvalue weighted by atomic mass is 10.1. The van der Waals surface area contributed by atoms with Crippen LogP contribution in [0.1, 0.15) is 6.42 Å². The molecule has 4 rings (SSSR count). The Hall–Kier alpha value is -2.08. The lowest BCUT2D eigenvalue weighted by Crippen LogP contribution is -3.19. The van der Waals surface area contributed by atoms with Crippen LogP contribution in [0, 0.1) is 0 Å². The summed E-state index contributed by atoms with van der Waals surface area (Å²) in [6.45, 7) is 3.20. The van der Waals surface area contributed by atoms with Gasteiger partial charge in [0.2, 0.25) is 5.91 Å². The van der Waals surface area contributed by atoms with Gasteiger partial charge in [-0.05, 0) is 36.4 Å². The van der Waals surface area contributed by atoms with E-state index < -0.39 is 0 Å². The van der Waals surface area contributed by atoms with E-state index >= 15 is 0 Å². The number of anilines is 2. The number of halogens is 2. The minimum atomic E-state index is -0.318. The number of quaternary nitrogens is 1. The van der Waals surface area contributed by atoms with Crippen molar-refractivity contribution >= 4 is 46.4 Å². The van der Waals surface area contributed by atoms with E-state index in [0.717, 1.165) is 41.8 Å². The first-order valence-electron chi connectivity index (χ1n) is 9.01. The van der Waals surface area contributed by atoms with E-state index in [-0.39, 0.29) is 24.3 Å². The van der Waals surface area contributed by atoms with Gasteiger partial charge >= 0.3 is 0 Å². The molecule has 0 aliphatic carbocycles. The second kappa shape index (κ2) is 7.50. The first-order chi connectivity index (χ1) is 13.0. The fourth-order valence-electron chi connectivity index (χ4n) is 3.90. The monoisotopic (exact) mass is 404 g/mol. The lowest BCUT2D eigenvalue weighted by Gasteiger charge is -2.36. The third-order valence-corrected chi connectivity index (χ3v) is 5.89. The SMILES string of the molecule is O=C1C[C@H]([NH+]2CCN(c3ccccc3Cl)CC2)C(=O)N1c1ccc(Cl)cc1. The van der Waals surface area contributed by atoms with Gasteiger partial charge in [0.15, 0.2) is 6.04 Å². The molecular formula is C20H20Cl2N3O2+. The average molecular weight is 405 g/mol. The minimum Gasteiger partial charge on any atom is -0.359 e. The summed E-state index contributed by atoms with van der Waals surface area (Å²) in [5.74, 6) is -0.267. The highest BCUT2D eigenvalue weighted by molar-refractivity contribution is 6.33. The smallest absolute Gasteiger partial charge is 0.292 e. The molecule has 2 aliphatic rings. The Labute approximate surface area is 168 Å². The van der Waals surface area contributed by atoms with Gasteiger partial charge in [0.1, 0.15) is 0 Å². The first kappa shape index (κ1) is 18.3. The summed E-state index contributed by atoms with van der Waals surface area (Å²) in [5.41, 5.74) is 1.61. The van der Waals surface area contributed by atoms with Crippen molar-refractivity contribution in [1.82, 2.24) is 0 Å². The molecule has 2 heterocycles. The van der Waals surface area contributed by atoms with Crippen LogP contribution in [-0.4, -0.2) is 44.0 Å². The predicted molar refractivity (Wildman–Crippen MR) is 107 cm³/mol. The Balaban J connectivity index is 1.44. The van der Waals surface area contributed by atoms with Gasteiger partial charge in [-0.1, -0.05) is 35.3 Å². The number of carbonyl (C=O) groups excluding carboxylic acids is 2. The molecule has 0 aromatic heterocycles. The lowest BCUT2D eigenvalue weighted by molar-refractivity contribution is -0.915. The third kappa shape index (κ3) is 3.55. The second-order valence-corrected chi connectivity index (χ2v) is 7.74. The summed E-state index contributed by atoms with van der Waals surface area (Å²) < 4.78 is 0. The van der Waals surface area contributed by atoms with Gasteiger partial charge in [0, 0.05) is 5.02 Å². The second-order valence-electron chi connectivity index (χ2n) is 6.90. The molecule has 140 valence electrons. The number of para-hydroxylation sites is 1. The topological polar surface area (TPSA) is 45.1 Å². The first-order valence-corrected chi connectivity index (χ1v) is 9.76. The Morgan fingerprint density at radius 1 is 0.926 bits per heavy atom. The average Bonchev–Trinajstić information content (AvgIpc) is 2.97. The molecule has 2 fully saturated rings. The quantitative estimate of drug-likeness (QED) is 0.796. The fraction of sp³-hybridized carbons (Fsp3) is 0.300. The molecule has 1 atom stereocenters. The molecule has 2 aliphatic heterocycles. The van der Waals surface area contributed by atoms with Crippen LogP contribution in [0.5, 0.6) is 0 Å². The molecule has 5 nitrogen and oxygen atoms in total. The maximum absolute atomic E-state index is 12.9. The Bertz CT molecular complexity index is 864. The number of rotatable bonds is 3. The number of nitrogens with zero attached hydrogens (tertiary/aromatic N) is 2. The Kier molecular flexibility index (Phi) is 5.08. The number of hydrogen-bond acceptors (Lipinski definition) is 3. The molecule has 2 saturated heterocycles. The van der Waals surface area contributed by atoms with E-state index in [2.05, 4.69) is 4.90 Å². The maximum atomic E-state index is 12.9. The van der Waals surface area contributed by atoms with Crippen molar-refractivity contribution in [3.63, 3.8) is 0 Å². The molecule has 0 saturated carbocycles. The van der Waals surface area contributed by atoms with E-state index in [0.29, 0.717) is 10.7 Å². The third-order valence-electron chi connectivity index (χ3n) is 5.32. The van der Waals surface area contributed by atoms with E-state index in [9.17, 15) is 9.59 Å². The van der Waals surface area contributed by atoms with Crippen molar-refractivity contribution in [1.29, 1.82) is 0 Å². The molecule has 2 aromatic rings. The van der Waals surface area contributed by atoms with E-state index in [1.807, 2.05) is 24.3 Å². The Morgan fingerprint density at radius 2 is 1.59 bits per heavy atom. The summed E-state index contributed by atoms with van der Waals surface area (Å²) in [6.07, 6.45) is 0.253. The summed E-state index contributed by atoms with van der Waals surface area (Å²) in [6, 6.07) is 14.3. The molecule has 2 amide bonds. The minimum absolute atomic E-state index is 0.122. The van der Waals surface area contributed by atoms with Gasteiger partial charge in [-0.15, -0.1) is 0 Å². The highest BCUT2D eigenvalue weighted by atomic mass is 35.5. The van der Waals surface area contributed by atoms with Crippen LogP contribution in [0.2, 0.25) is 10.0 Å². The standard InChI is InChI=1S/C20H19Cl2N3O2/c21-14-5-7-15(8-6-14)25-19(26)13-18(20(25)27)24-11-9-23(10-12-24)17-4-2-1-3-16(17)22/h1-8,18H,9-13H2/p+1/t18-/m0/s1. The van der Waals surface area contributed by atoms with Crippen LogP contribution in [0.25, 0.3) is 0 Å².